The van der Waals surface area contributed by atoms with Crippen molar-refractivity contribution in [2.24, 2.45) is 17.8 Å². The van der Waals surface area contributed by atoms with Crippen LogP contribution in [0, 0.1) is 17.8 Å². The Labute approximate surface area is 253 Å². The fraction of sp³-hybridized carbons (Fsp3) is 0.594. The first-order valence-corrected chi connectivity index (χ1v) is 17.3. The molecule has 2 aliphatic carbocycles. The van der Waals surface area contributed by atoms with Gasteiger partial charge in [0.25, 0.3) is 5.91 Å². The van der Waals surface area contributed by atoms with Gasteiger partial charge in [-0.05, 0) is 85.4 Å². The summed E-state index contributed by atoms with van der Waals surface area (Å²) in [7, 11) is -3.87. The Morgan fingerprint density at radius 1 is 1.10 bits per heavy atom. The summed E-state index contributed by atoms with van der Waals surface area (Å²) in [6.07, 6.45) is 6.05. The Kier molecular flexibility index (Phi) is 7.44. The van der Waals surface area contributed by atoms with Crippen LogP contribution in [0.15, 0.2) is 36.4 Å². The third kappa shape index (κ3) is 5.31. The molecule has 0 radical (unpaired) electrons. The maximum absolute atomic E-state index is 13.2. The van der Waals surface area contributed by atoms with Gasteiger partial charge >= 0.3 is 0 Å². The minimum absolute atomic E-state index is 0.0407. The summed E-state index contributed by atoms with van der Waals surface area (Å²) < 4.78 is 47.0. The molecule has 8 nitrogen and oxygen atoms in total. The highest BCUT2D eigenvalue weighted by Crippen LogP contribution is 2.47. The zero-order valence-corrected chi connectivity index (χ0v) is 25.6. The van der Waals surface area contributed by atoms with Crippen LogP contribution in [0.3, 0.4) is 0 Å². The van der Waals surface area contributed by atoms with Gasteiger partial charge in [-0.15, -0.1) is 0 Å². The van der Waals surface area contributed by atoms with Gasteiger partial charge in [-0.3, -0.25) is 4.79 Å². The second kappa shape index (κ2) is 11.0. The number of hydrogen-bond acceptors (Lipinski definition) is 7. The molecule has 1 N–H and O–H groups in total. The predicted octanol–water partition coefficient (Wildman–Crippen LogP) is 4.72. The van der Waals surface area contributed by atoms with E-state index in [4.69, 9.17) is 25.8 Å². The summed E-state index contributed by atoms with van der Waals surface area (Å²) in [5.41, 5.74) is 3.48. The number of anilines is 1. The fourth-order valence-electron chi connectivity index (χ4n) is 7.85. The number of benzene rings is 2. The van der Waals surface area contributed by atoms with E-state index in [1.165, 1.54) is 11.1 Å². The van der Waals surface area contributed by atoms with E-state index in [2.05, 4.69) is 28.7 Å². The minimum Gasteiger partial charge on any atom is -0.490 e. The molecule has 2 aromatic carbocycles. The van der Waals surface area contributed by atoms with Crippen molar-refractivity contribution in [1.82, 2.24) is 4.72 Å². The van der Waals surface area contributed by atoms with Crippen molar-refractivity contribution in [3.05, 3.63) is 58.1 Å². The predicted molar refractivity (Wildman–Crippen MR) is 161 cm³/mol. The number of nitrogens with one attached hydrogen (secondary N) is 1. The fourth-order valence-corrected chi connectivity index (χ4v) is 8.87. The van der Waals surface area contributed by atoms with Crippen LogP contribution in [0.5, 0.6) is 5.75 Å². The highest BCUT2D eigenvalue weighted by Gasteiger charge is 2.46. The van der Waals surface area contributed by atoms with Crippen molar-refractivity contribution in [2.45, 2.75) is 63.1 Å². The van der Waals surface area contributed by atoms with Crippen LogP contribution in [0.2, 0.25) is 5.02 Å². The summed E-state index contributed by atoms with van der Waals surface area (Å²) in [5.74, 6) is 0.841. The molecule has 1 spiro atoms. The largest absolute Gasteiger partial charge is 0.490 e. The average molecular weight is 615 g/mol. The van der Waals surface area contributed by atoms with Crippen molar-refractivity contribution in [1.29, 1.82) is 0 Å². The van der Waals surface area contributed by atoms with E-state index >= 15 is 0 Å². The highest BCUT2D eigenvalue weighted by molar-refractivity contribution is 7.90. The third-order valence-electron chi connectivity index (χ3n) is 10.3. The molecule has 3 aliphatic heterocycles. The van der Waals surface area contributed by atoms with Gasteiger partial charge in [0.15, 0.2) is 0 Å². The second-order valence-electron chi connectivity index (χ2n) is 13.0. The van der Waals surface area contributed by atoms with Crippen molar-refractivity contribution < 1.29 is 27.4 Å². The van der Waals surface area contributed by atoms with E-state index in [0.717, 1.165) is 68.1 Å². The number of amides is 1. The summed E-state index contributed by atoms with van der Waals surface area (Å²) >= 11 is 6.41. The molecule has 7 rings (SSSR count). The molecule has 1 amide bonds. The lowest BCUT2D eigenvalue weighted by Gasteiger charge is -2.48. The molecule has 0 aromatic heterocycles. The number of rotatable bonds is 0. The van der Waals surface area contributed by atoms with Crippen LogP contribution in [0.4, 0.5) is 5.69 Å². The van der Waals surface area contributed by atoms with E-state index in [1.54, 1.807) is 12.1 Å². The number of hydrogen-bond donors (Lipinski definition) is 1. The van der Waals surface area contributed by atoms with Crippen LogP contribution in [-0.2, 0) is 31.3 Å². The Morgan fingerprint density at radius 2 is 1.98 bits per heavy atom. The Morgan fingerprint density at radius 3 is 2.81 bits per heavy atom. The van der Waals surface area contributed by atoms with Gasteiger partial charge < -0.3 is 19.1 Å². The zero-order valence-electron chi connectivity index (χ0n) is 24.0. The SMILES string of the molecule is C[C@@H]1CO[C@@H]2C[C@H]1OCCS(=O)(=O)NC(=O)c1ccc3c(c1)N(C[C@@H]1CC[C@H]12)C[C@@]1(CCCc2cc(Cl)ccc21)CO3. The molecule has 10 heteroatoms. The topological polar surface area (TPSA) is 94.2 Å². The van der Waals surface area contributed by atoms with E-state index in [0.29, 0.717) is 30.6 Å². The maximum atomic E-state index is 13.2. The minimum atomic E-state index is -3.87. The van der Waals surface area contributed by atoms with Gasteiger partial charge in [-0.2, -0.15) is 0 Å². The van der Waals surface area contributed by atoms with Crippen LogP contribution in [-0.4, -0.2) is 65.2 Å². The van der Waals surface area contributed by atoms with Crippen molar-refractivity contribution in [3.63, 3.8) is 0 Å². The second-order valence-corrected chi connectivity index (χ2v) is 15.3. The van der Waals surface area contributed by atoms with Gasteiger partial charge in [-0.25, -0.2) is 13.1 Å². The monoisotopic (exact) mass is 614 g/mol. The van der Waals surface area contributed by atoms with Gasteiger partial charge in [0, 0.05) is 41.4 Å². The lowest BCUT2D eigenvalue weighted by Crippen LogP contribution is -2.51. The quantitative estimate of drug-likeness (QED) is 0.459. The molecule has 3 heterocycles. The normalized spacial score (nSPS) is 34.2. The standard InChI is InChI=1S/C32H39ClN2O6S/c1-20-17-40-30-15-29(20)39-11-12-42(37,38)34-31(36)22-5-9-28-27(14-22)35(16-23-4-7-25(23)30)18-32(19-41-28)10-2-3-21-13-24(33)6-8-26(21)32/h5-6,8-9,13-14,20,23,25,29-30H,2-4,7,10-12,15-19H2,1H3,(H,34,36)/t20-,23+,25-,29-,30-,32+/m1/s1. The molecule has 2 aromatic rings. The molecule has 1 saturated carbocycles. The molecule has 1 saturated heterocycles. The Bertz CT molecular complexity index is 1480. The van der Waals surface area contributed by atoms with E-state index in [-0.39, 0.29) is 35.9 Å². The van der Waals surface area contributed by atoms with Gasteiger partial charge in [0.1, 0.15) is 5.75 Å². The molecule has 0 unspecified atom stereocenters. The molecule has 6 atom stereocenters. The first-order chi connectivity index (χ1) is 20.2. The number of carbonyl (C=O) groups excluding carboxylic acids is 1. The highest BCUT2D eigenvalue weighted by atomic mass is 35.5. The number of carbonyl (C=O) groups is 1. The molecular formula is C32H39ClN2O6S. The maximum Gasteiger partial charge on any atom is 0.264 e. The smallest absolute Gasteiger partial charge is 0.264 e. The number of sulfonamides is 1. The van der Waals surface area contributed by atoms with Crippen molar-refractivity contribution in [2.75, 3.05) is 43.6 Å². The Hall–Kier alpha value is -2.33. The molecule has 226 valence electrons. The molecule has 2 fully saturated rings. The van der Waals surface area contributed by atoms with E-state index in [9.17, 15) is 13.2 Å². The summed E-state index contributed by atoms with van der Waals surface area (Å²) in [6, 6.07) is 11.5. The Balaban J connectivity index is 1.28. The van der Waals surface area contributed by atoms with Gasteiger partial charge in [-0.1, -0.05) is 24.6 Å². The molecule has 42 heavy (non-hydrogen) atoms. The lowest BCUT2D eigenvalue weighted by atomic mass is 9.67. The number of nitrogens with zero attached hydrogens (tertiary/aromatic N) is 1. The molecule has 4 bridgehead atoms. The van der Waals surface area contributed by atoms with E-state index in [1.807, 2.05) is 12.1 Å². The molecule has 5 aliphatic rings. The summed E-state index contributed by atoms with van der Waals surface area (Å²) in [6.45, 7) is 4.83. The third-order valence-corrected chi connectivity index (χ3v) is 11.7. The van der Waals surface area contributed by atoms with E-state index < -0.39 is 15.9 Å². The van der Waals surface area contributed by atoms with Gasteiger partial charge in [0.05, 0.1) is 43.5 Å². The van der Waals surface area contributed by atoms with Crippen LogP contribution >= 0.6 is 11.6 Å². The number of aryl methyl sites for hydroxylation is 1. The van der Waals surface area contributed by atoms with Crippen LogP contribution in [0.1, 0.15) is 60.5 Å². The van der Waals surface area contributed by atoms with Crippen molar-refractivity contribution in [3.8, 4) is 5.75 Å². The van der Waals surface area contributed by atoms with Crippen LogP contribution in [0.25, 0.3) is 0 Å². The number of halogens is 1. The molecular weight excluding hydrogens is 576 g/mol. The van der Waals surface area contributed by atoms with Crippen LogP contribution < -0.4 is 14.4 Å². The average Bonchev–Trinajstić information content (AvgIpc) is 3.09. The van der Waals surface area contributed by atoms with Crippen molar-refractivity contribution >= 4 is 33.2 Å². The summed E-state index contributed by atoms with van der Waals surface area (Å²) in [5, 5.41) is 0.751. The number of fused-ring (bicyclic) bond motifs is 7. The number of ether oxygens (including phenoxy) is 3. The summed E-state index contributed by atoms with van der Waals surface area (Å²) in [4.78, 5) is 15.6. The first kappa shape index (κ1) is 28.4. The van der Waals surface area contributed by atoms with Gasteiger partial charge in [0.2, 0.25) is 10.0 Å². The lowest BCUT2D eigenvalue weighted by molar-refractivity contribution is -0.139. The zero-order chi connectivity index (χ0) is 29.1. The first-order valence-electron chi connectivity index (χ1n) is 15.3.